The van der Waals surface area contributed by atoms with Gasteiger partial charge in [-0.25, -0.2) is 9.79 Å². The third kappa shape index (κ3) is 4.58. The van der Waals surface area contributed by atoms with Gasteiger partial charge in [-0.2, -0.15) is 0 Å². The fourth-order valence-corrected chi connectivity index (χ4v) is 5.27. The normalized spacial score (nSPS) is 15.8. The van der Waals surface area contributed by atoms with E-state index in [9.17, 15) is 9.59 Å². The Morgan fingerprint density at radius 1 is 1.24 bits per heavy atom. The standard InChI is InChI=1S/C25H24BrN3O3S/c1-5-32-24(31)21-15(2)27-25-29(22(21)17-9-11-19(12-10-17)28(3)4)23(30)20(33-25)14-16-7-6-8-18(26)13-16/h6-14,22H,5H2,1-4H3. The Kier molecular flexibility index (Phi) is 6.67. The smallest absolute Gasteiger partial charge is 0.338 e. The summed E-state index contributed by atoms with van der Waals surface area (Å²) in [5, 5.41) is 0. The molecule has 33 heavy (non-hydrogen) atoms. The van der Waals surface area contributed by atoms with Crippen molar-refractivity contribution in [2.45, 2.75) is 19.9 Å². The quantitative estimate of drug-likeness (QED) is 0.477. The number of hydrogen-bond acceptors (Lipinski definition) is 6. The van der Waals surface area contributed by atoms with Crippen LogP contribution < -0.4 is 19.8 Å². The van der Waals surface area contributed by atoms with Crippen molar-refractivity contribution in [3.63, 3.8) is 0 Å². The van der Waals surface area contributed by atoms with Gasteiger partial charge in [-0.05, 0) is 55.3 Å². The molecule has 3 aromatic rings. The largest absolute Gasteiger partial charge is 0.463 e. The maximum atomic E-state index is 13.6. The van der Waals surface area contributed by atoms with Crippen molar-refractivity contribution < 1.29 is 9.53 Å². The van der Waals surface area contributed by atoms with E-state index in [-0.39, 0.29) is 12.2 Å². The van der Waals surface area contributed by atoms with Crippen LogP contribution in [0.4, 0.5) is 5.69 Å². The maximum Gasteiger partial charge on any atom is 0.338 e. The van der Waals surface area contributed by atoms with Crippen LogP contribution in [0, 0.1) is 0 Å². The topological polar surface area (TPSA) is 63.9 Å². The van der Waals surface area contributed by atoms with Crippen LogP contribution in [-0.2, 0) is 9.53 Å². The summed E-state index contributed by atoms with van der Waals surface area (Å²) in [6, 6.07) is 15.0. The lowest BCUT2D eigenvalue weighted by Gasteiger charge is -2.25. The summed E-state index contributed by atoms with van der Waals surface area (Å²) in [6.45, 7) is 3.80. The Labute approximate surface area is 204 Å². The lowest BCUT2D eigenvalue weighted by atomic mass is 9.95. The molecule has 0 fully saturated rings. The number of fused-ring (bicyclic) bond motifs is 1. The van der Waals surface area contributed by atoms with Gasteiger partial charge in [0.2, 0.25) is 0 Å². The molecule has 0 amide bonds. The van der Waals surface area contributed by atoms with Gasteiger partial charge in [0.1, 0.15) is 0 Å². The first-order valence-corrected chi connectivity index (χ1v) is 12.1. The van der Waals surface area contributed by atoms with Gasteiger partial charge in [0, 0.05) is 24.3 Å². The number of hydrogen-bond donors (Lipinski definition) is 0. The van der Waals surface area contributed by atoms with Crippen LogP contribution in [0.25, 0.3) is 6.08 Å². The molecular weight excluding hydrogens is 502 g/mol. The fraction of sp³-hybridized carbons (Fsp3) is 0.240. The minimum absolute atomic E-state index is 0.185. The molecule has 1 atom stereocenters. The van der Waals surface area contributed by atoms with Crippen molar-refractivity contribution in [1.82, 2.24) is 4.57 Å². The van der Waals surface area contributed by atoms with Crippen molar-refractivity contribution in [3.8, 4) is 0 Å². The summed E-state index contributed by atoms with van der Waals surface area (Å²) in [7, 11) is 3.93. The van der Waals surface area contributed by atoms with Crippen molar-refractivity contribution in [3.05, 3.63) is 95.1 Å². The van der Waals surface area contributed by atoms with Crippen LogP contribution in [0.5, 0.6) is 0 Å². The average Bonchev–Trinajstić information content (AvgIpc) is 3.07. The number of rotatable bonds is 5. The van der Waals surface area contributed by atoms with Crippen molar-refractivity contribution >= 4 is 45.0 Å². The van der Waals surface area contributed by atoms with E-state index in [1.807, 2.05) is 73.6 Å². The zero-order valence-electron chi connectivity index (χ0n) is 18.8. The van der Waals surface area contributed by atoms with E-state index in [1.165, 1.54) is 11.3 Å². The van der Waals surface area contributed by atoms with E-state index < -0.39 is 12.0 Å². The molecular formula is C25H24BrN3O3S. The molecule has 4 rings (SSSR count). The van der Waals surface area contributed by atoms with E-state index in [0.717, 1.165) is 21.3 Å². The zero-order valence-corrected chi connectivity index (χ0v) is 21.2. The number of aromatic nitrogens is 1. The van der Waals surface area contributed by atoms with Crippen molar-refractivity contribution in [2.24, 2.45) is 4.99 Å². The maximum absolute atomic E-state index is 13.6. The molecule has 8 heteroatoms. The first-order chi connectivity index (χ1) is 15.8. The molecule has 2 heterocycles. The van der Waals surface area contributed by atoms with Crippen LogP contribution in [0.2, 0.25) is 0 Å². The van der Waals surface area contributed by atoms with Gasteiger partial charge in [0.05, 0.1) is 28.5 Å². The molecule has 2 aromatic carbocycles. The highest BCUT2D eigenvalue weighted by atomic mass is 79.9. The van der Waals surface area contributed by atoms with Gasteiger partial charge in [-0.3, -0.25) is 9.36 Å². The second-order valence-electron chi connectivity index (χ2n) is 7.84. The third-order valence-electron chi connectivity index (χ3n) is 5.39. The second kappa shape index (κ2) is 9.49. The van der Waals surface area contributed by atoms with Crippen LogP contribution in [0.3, 0.4) is 0 Å². The fourth-order valence-electron chi connectivity index (χ4n) is 3.81. The molecule has 1 aliphatic heterocycles. The highest BCUT2D eigenvalue weighted by molar-refractivity contribution is 9.10. The number of anilines is 1. The van der Waals surface area contributed by atoms with E-state index in [4.69, 9.17) is 4.74 Å². The Balaban J connectivity index is 1.94. The first kappa shape index (κ1) is 23.2. The summed E-state index contributed by atoms with van der Waals surface area (Å²) < 4.78 is 8.44. The van der Waals surface area contributed by atoms with Gasteiger partial charge < -0.3 is 9.64 Å². The number of benzene rings is 2. The minimum Gasteiger partial charge on any atom is -0.463 e. The molecule has 0 N–H and O–H groups in total. The summed E-state index contributed by atoms with van der Waals surface area (Å²) >= 11 is 4.79. The Bertz CT molecular complexity index is 1420. The lowest BCUT2D eigenvalue weighted by Crippen LogP contribution is -2.39. The predicted octanol–water partition coefficient (Wildman–Crippen LogP) is 3.63. The average molecular weight is 526 g/mol. The number of ether oxygens (including phenoxy) is 1. The molecule has 1 aromatic heterocycles. The molecule has 1 aliphatic rings. The van der Waals surface area contributed by atoms with Crippen molar-refractivity contribution in [2.75, 3.05) is 25.6 Å². The molecule has 1 unspecified atom stereocenters. The molecule has 0 radical (unpaired) electrons. The summed E-state index contributed by atoms with van der Waals surface area (Å²) in [6.07, 6.45) is 1.85. The van der Waals surface area contributed by atoms with Gasteiger partial charge in [0.25, 0.3) is 5.56 Å². The van der Waals surface area contributed by atoms with E-state index >= 15 is 0 Å². The summed E-state index contributed by atoms with van der Waals surface area (Å²) in [4.78, 5) is 33.7. The molecule has 0 saturated carbocycles. The summed E-state index contributed by atoms with van der Waals surface area (Å²) in [5.74, 6) is -0.457. The molecule has 0 bridgehead atoms. The number of nitrogens with zero attached hydrogens (tertiary/aromatic N) is 3. The van der Waals surface area contributed by atoms with Crippen LogP contribution in [0.1, 0.15) is 31.0 Å². The monoisotopic (exact) mass is 525 g/mol. The van der Waals surface area contributed by atoms with Crippen LogP contribution in [-0.4, -0.2) is 31.2 Å². The molecule has 0 aliphatic carbocycles. The minimum atomic E-state index is -0.610. The van der Waals surface area contributed by atoms with Gasteiger partial charge in [0.15, 0.2) is 4.80 Å². The molecule has 0 saturated heterocycles. The zero-order chi connectivity index (χ0) is 23.7. The Hall–Kier alpha value is -2.97. The number of allylic oxidation sites excluding steroid dienone is 1. The Morgan fingerprint density at radius 3 is 2.61 bits per heavy atom. The van der Waals surface area contributed by atoms with Crippen molar-refractivity contribution in [1.29, 1.82) is 0 Å². The molecule has 6 nitrogen and oxygen atoms in total. The highest BCUT2D eigenvalue weighted by Gasteiger charge is 2.33. The molecule has 170 valence electrons. The number of thiazole rings is 1. The SMILES string of the molecule is CCOC(=O)C1=C(C)N=c2sc(=Cc3cccc(Br)c3)c(=O)n2C1c1ccc(N(C)C)cc1. The number of esters is 1. The predicted molar refractivity (Wildman–Crippen MR) is 135 cm³/mol. The number of halogens is 1. The van der Waals surface area contributed by atoms with Crippen LogP contribution >= 0.6 is 27.3 Å². The van der Waals surface area contributed by atoms with E-state index in [2.05, 4.69) is 20.9 Å². The highest BCUT2D eigenvalue weighted by Crippen LogP contribution is 2.31. The first-order valence-electron chi connectivity index (χ1n) is 10.5. The van der Waals surface area contributed by atoms with Gasteiger partial charge in [-0.15, -0.1) is 0 Å². The number of carbonyl (C=O) groups excluding carboxylic acids is 1. The van der Waals surface area contributed by atoms with E-state index in [0.29, 0.717) is 20.6 Å². The van der Waals surface area contributed by atoms with Crippen LogP contribution in [0.15, 0.2) is 74.1 Å². The van der Waals surface area contributed by atoms with Gasteiger partial charge in [-0.1, -0.05) is 51.5 Å². The van der Waals surface area contributed by atoms with Gasteiger partial charge >= 0.3 is 5.97 Å². The molecule has 0 spiro atoms. The second-order valence-corrected chi connectivity index (χ2v) is 9.77. The van der Waals surface area contributed by atoms with E-state index in [1.54, 1.807) is 18.4 Å². The number of carbonyl (C=O) groups is 1. The summed E-state index contributed by atoms with van der Waals surface area (Å²) in [5.41, 5.74) is 3.52. The third-order valence-corrected chi connectivity index (χ3v) is 6.86. The Morgan fingerprint density at radius 2 is 1.97 bits per heavy atom. The lowest BCUT2D eigenvalue weighted by molar-refractivity contribution is -0.139.